The second-order valence-corrected chi connectivity index (χ2v) is 5.39. The third kappa shape index (κ3) is 4.19. The van der Waals surface area contributed by atoms with Crippen LogP contribution in [0.25, 0.3) is 0 Å². The zero-order valence-corrected chi connectivity index (χ0v) is 12.8. The highest BCUT2D eigenvalue weighted by molar-refractivity contribution is 6.35. The van der Waals surface area contributed by atoms with Gasteiger partial charge in [-0.25, -0.2) is 4.79 Å². The molecular weight excluding hydrogens is 327 g/mol. The van der Waals surface area contributed by atoms with Crippen molar-refractivity contribution in [1.29, 1.82) is 0 Å². The number of rotatable bonds is 5. The number of nitrogens with one attached hydrogen (secondary N) is 1. The van der Waals surface area contributed by atoms with Crippen LogP contribution in [-0.4, -0.2) is 28.0 Å². The van der Waals surface area contributed by atoms with E-state index in [1.54, 1.807) is 24.3 Å². The van der Waals surface area contributed by atoms with E-state index in [0.717, 1.165) is 0 Å². The van der Waals surface area contributed by atoms with Crippen molar-refractivity contribution in [1.82, 2.24) is 10.3 Å². The number of aliphatic carboxylic acids is 1. The lowest BCUT2D eigenvalue weighted by atomic mass is 10.1. The summed E-state index contributed by atoms with van der Waals surface area (Å²) in [5, 5.41) is 12.5. The topological polar surface area (TPSA) is 79.3 Å². The fourth-order valence-electron chi connectivity index (χ4n) is 1.85. The van der Waals surface area contributed by atoms with E-state index >= 15 is 0 Å². The van der Waals surface area contributed by atoms with Crippen LogP contribution in [0.3, 0.4) is 0 Å². The lowest BCUT2D eigenvalue weighted by molar-refractivity contribution is -0.139. The van der Waals surface area contributed by atoms with Crippen molar-refractivity contribution in [3.63, 3.8) is 0 Å². The average molecular weight is 339 g/mol. The predicted octanol–water partition coefficient (Wildman–Crippen LogP) is 2.81. The number of hydrogen-bond acceptors (Lipinski definition) is 3. The van der Waals surface area contributed by atoms with E-state index in [0.29, 0.717) is 15.6 Å². The van der Waals surface area contributed by atoms with E-state index in [1.807, 2.05) is 0 Å². The largest absolute Gasteiger partial charge is 0.480 e. The number of carboxylic acids is 1. The van der Waals surface area contributed by atoms with Gasteiger partial charge in [-0.2, -0.15) is 0 Å². The molecule has 0 saturated carbocycles. The first-order valence-electron chi connectivity index (χ1n) is 6.35. The van der Waals surface area contributed by atoms with Crippen LogP contribution < -0.4 is 5.32 Å². The molecule has 0 spiro atoms. The van der Waals surface area contributed by atoms with E-state index in [9.17, 15) is 14.7 Å². The molecular formula is C15H12Cl2N2O3. The highest BCUT2D eigenvalue weighted by atomic mass is 35.5. The molecule has 0 saturated heterocycles. The van der Waals surface area contributed by atoms with Crippen molar-refractivity contribution < 1.29 is 14.7 Å². The van der Waals surface area contributed by atoms with Gasteiger partial charge in [0.1, 0.15) is 6.04 Å². The molecule has 1 atom stereocenters. The van der Waals surface area contributed by atoms with Gasteiger partial charge >= 0.3 is 5.97 Å². The molecule has 1 heterocycles. The third-order valence-electron chi connectivity index (χ3n) is 2.97. The van der Waals surface area contributed by atoms with Crippen molar-refractivity contribution in [2.75, 3.05) is 0 Å². The minimum Gasteiger partial charge on any atom is -0.480 e. The predicted molar refractivity (Wildman–Crippen MR) is 83.3 cm³/mol. The molecule has 0 aliphatic rings. The number of carbonyl (C=O) groups is 2. The summed E-state index contributed by atoms with van der Waals surface area (Å²) in [5.41, 5.74) is 0.876. The van der Waals surface area contributed by atoms with Crippen LogP contribution in [0.1, 0.15) is 15.9 Å². The van der Waals surface area contributed by atoms with Gasteiger partial charge in [-0.3, -0.25) is 9.78 Å². The summed E-state index contributed by atoms with van der Waals surface area (Å²) >= 11 is 11.8. The Kier molecular flexibility index (Phi) is 5.35. The van der Waals surface area contributed by atoms with Crippen molar-refractivity contribution in [2.24, 2.45) is 0 Å². The second kappa shape index (κ2) is 7.24. The van der Waals surface area contributed by atoms with Gasteiger partial charge in [-0.1, -0.05) is 29.3 Å². The van der Waals surface area contributed by atoms with Gasteiger partial charge < -0.3 is 10.4 Å². The molecule has 2 aromatic rings. The molecule has 1 amide bonds. The van der Waals surface area contributed by atoms with Gasteiger partial charge in [0.05, 0.1) is 5.56 Å². The minimum atomic E-state index is -1.15. The summed E-state index contributed by atoms with van der Waals surface area (Å²) in [4.78, 5) is 27.2. The van der Waals surface area contributed by atoms with Gasteiger partial charge in [0.2, 0.25) is 0 Å². The van der Waals surface area contributed by atoms with Crippen LogP contribution in [0.4, 0.5) is 0 Å². The number of nitrogens with zero attached hydrogens (tertiary/aromatic N) is 1. The second-order valence-electron chi connectivity index (χ2n) is 4.55. The molecule has 1 aromatic carbocycles. The number of halogens is 2. The molecule has 5 nitrogen and oxygen atoms in total. The summed E-state index contributed by atoms with van der Waals surface area (Å²) < 4.78 is 0. The molecule has 0 radical (unpaired) electrons. The number of carboxylic acid groups (broad SMARTS) is 1. The zero-order chi connectivity index (χ0) is 16.1. The van der Waals surface area contributed by atoms with Crippen molar-refractivity contribution >= 4 is 35.1 Å². The Morgan fingerprint density at radius 3 is 2.64 bits per heavy atom. The SMILES string of the molecule is O=C(N[C@H](Cc1ccc(Cl)cc1Cl)C(=O)O)c1cccnc1. The quantitative estimate of drug-likeness (QED) is 0.878. The Bertz CT molecular complexity index is 692. The van der Waals surface area contributed by atoms with E-state index < -0.39 is 17.9 Å². The molecule has 22 heavy (non-hydrogen) atoms. The summed E-state index contributed by atoms with van der Waals surface area (Å²) in [6.07, 6.45) is 2.94. The summed E-state index contributed by atoms with van der Waals surface area (Å²) in [7, 11) is 0. The third-order valence-corrected chi connectivity index (χ3v) is 3.55. The number of carbonyl (C=O) groups excluding carboxylic acids is 1. The molecule has 114 valence electrons. The fourth-order valence-corrected chi connectivity index (χ4v) is 2.33. The van der Waals surface area contributed by atoms with E-state index in [4.69, 9.17) is 23.2 Å². The molecule has 0 bridgehead atoms. The lowest BCUT2D eigenvalue weighted by Gasteiger charge is -2.15. The van der Waals surface area contributed by atoms with E-state index in [2.05, 4.69) is 10.3 Å². The Balaban J connectivity index is 2.14. The molecule has 0 aliphatic carbocycles. The summed E-state index contributed by atoms with van der Waals surface area (Å²) in [6, 6.07) is 6.82. The monoisotopic (exact) mass is 338 g/mol. The first-order chi connectivity index (χ1) is 10.5. The van der Waals surface area contributed by atoms with Crippen molar-refractivity contribution in [2.45, 2.75) is 12.5 Å². The first-order valence-corrected chi connectivity index (χ1v) is 7.10. The number of benzene rings is 1. The van der Waals surface area contributed by atoms with Crippen LogP contribution in [0.15, 0.2) is 42.7 Å². The molecule has 0 aliphatic heterocycles. The molecule has 2 N–H and O–H groups in total. The van der Waals surface area contributed by atoms with Gasteiger partial charge in [-0.05, 0) is 29.8 Å². The van der Waals surface area contributed by atoms with Crippen LogP contribution in [-0.2, 0) is 11.2 Å². The smallest absolute Gasteiger partial charge is 0.326 e. The van der Waals surface area contributed by atoms with E-state index in [-0.39, 0.29) is 12.0 Å². The van der Waals surface area contributed by atoms with Crippen molar-refractivity contribution in [3.05, 3.63) is 63.9 Å². The van der Waals surface area contributed by atoms with Crippen LogP contribution in [0.5, 0.6) is 0 Å². The van der Waals surface area contributed by atoms with Gasteiger partial charge in [0.25, 0.3) is 5.91 Å². The molecule has 0 fully saturated rings. The maximum atomic E-state index is 12.0. The minimum absolute atomic E-state index is 0.0529. The van der Waals surface area contributed by atoms with Crippen LogP contribution in [0.2, 0.25) is 10.0 Å². The van der Waals surface area contributed by atoms with Crippen molar-refractivity contribution in [3.8, 4) is 0 Å². The highest BCUT2D eigenvalue weighted by Gasteiger charge is 2.22. The molecule has 2 rings (SSSR count). The Morgan fingerprint density at radius 1 is 1.27 bits per heavy atom. The molecule has 0 unspecified atom stereocenters. The van der Waals surface area contributed by atoms with Crippen LogP contribution in [0, 0.1) is 0 Å². The normalized spacial score (nSPS) is 11.7. The van der Waals surface area contributed by atoms with Gasteiger partial charge in [0.15, 0.2) is 0 Å². The zero-order valence-electron chi connectivity index (χ0n) is 11.3. The Hall–Kier alpha value is -2.11. The van der Waals surface area contributed by atoms with E-state index in [1.165, 1.54) is 18.5 Å². The lowest BCUT2D eigenvalue weighted by Crippen LogP contribution is -2.42. The number of hydrogen-bond donors (Lipinski definition) is 2. The average Bonchev–Trinajstić information content (AvgIpc) is 2.49. The van der Waals surface area contributed by atoms with Crippen LogP contribution >= 0.6 is 23.2 Å². The maximum Gasteiger partial charge on any atom is 0.326 e. The summed E-state index contributed by atoms with van der Waals surface area (Å²) in [5.74, 6) is -1.66. The number of pyridine rings is 1. The number of aromatic nitrogens is 1. The molecule has 1 aromatic heterocycles. The van der Waals surface area contributed by atoms with Gasteiger partial charge in [0, 0.05) is 28.9 Å². The fraction of sp³-hybridized carbons (Fsp3) is 0.133. The summed E-state index contributed by atoms with van der Waals surface area (Å²) in [6.45, 7) is 0. The molecule has 7 heteroatoms. The first kappa shape index (κ1) is 16.3. The number of amides is 1. The highest BCUT2D eigenvalue weighted by Crippen LogP contribution is 2.22. The standard InChI is InChI=1S/C15H12Cl2N2O3/c16-11-4-3-9(12(17)7-11)6-13(15(21)22)19-14(20)10-2-1-5-18-8-10/h1-5,7-8,13H,6H2,(H,19,20)(H,21,22)/t13-/m1/s1. The van der Waals surface area contributed by atoms with Gasteiger partial charge in [-0.15, -0.1) is 0 Å². The Labute approximate surface area is 136 Å². The Morgan fingerprint density at radius 2 is 2.05 bits per heavy atom. The maximum absolute atomic E-state index is 12.0.